The summed E-state index contributed by atoms with van der Waals surface area (Å²) in [5.74, 6) is -0.779. The van der Waals surface area contributed by atoms with Crippen molar-refractivity contribution in [1.29, 1.82) is 0 Å². The average Bonchev–Trinajstić information content (AvgIpc) is 2.99. The molecule has 202 valence electrons. The maximum Gasteiger partial charge on any atom is 0.154 e. The van der Waals surface area contributed by atoms with Crippen molar-refractivity contribution >= 4 is 22.1 Å². The average molecular weight is 540 g/mol. The fraction of sp³-hybridized carbons (Fsp3) is 0.105. The Balaban J connectivity index is 1.53. The summed E-state index contributed by atoms with van der Waals surface area (Å²) in [5, 5.41) is 2.39. The summed E-state index contributed by atoms with van der Waals surface area (Å²) in [5.41, 5.74) is 5.39. The number of hydrogen-bond donors (Lipinski definition) is 0. The Morgan fingerprint density at radius 1 is 0.488 bits per heavy atom. The molecule has 6 rings (SSSR count). The van der Waals surface area contributed by atoms with Crippen molar-refractivity contribution in [2.45, 2.75) is 26.3 Å². The molecule has 0 aliphatic heterocycles. The highest BCUT2D eigenvalue weighted by molar-refractivity contribution is 5.97. The van der Waals surface area contributed by atoms with Crippen molar-refractivity contribution in [3.05, 3.63) is 145 Å². The Kier molecular flexibility index (Phi) is 6.88. The minimum atomic E-state index is -0.603. The van der Waals surface area contributed by atoms with Crippen molar-refractivity contribution in [1.82, 2.24) is 0 Å². The third-order valence-electron chi connectivity index (χ3n) is 7.46. The van der Waals surface area contributed by atoms with Crippen molar-refractivity contribution in [3.8, 4) is 33.4 Å². The summed E-state index contributed by atoms with van der Waals surface area (Å²) in [6, 6.07) is 42.9. The molecule has 0 N–H and O–H groups in total. The zero-order valence-corrected chi connectivity index (χ0v) is 23.4. The Bertz CT molecular complexity index is 1830. The Morgan fingerprint density at radius 2 is 1.10 bits per heavy atom. The number of benzene rings is 6. The van der Waals surface area contributed by atoms with Crippen LogP contribution in [-0.2, 0) is 0 Å². The molecule has 0 heterocycles. The van der Waals surface area contributed by atoms with Gasteiger partial charge >= 0.3 is 0 Å². The standard InChI is InChI=1S/C38H31F2N/c1-38(2,3)41(35-19-10-9-18-34(35)39)36-25-30(24-33(37(36)40)28-12-5-4-6-13-28)26-20-22-29(23-21-26)32-17-11-15-27-14-7-8-16-31(27)32/h4-25H,1-3H3. The third-order valence-corrected chi connectivity index (χ3v) is 7.46. The van der Waals surface area contributed by atoms with Crippen LogP contribution in [0.4, 0.5) is 20.2 Å². The van der Waals surface area contributed by atoms with Gasteiger partial charge in [0.2, 0.25) is 0 Å². The number of nitrogens with zero attached hydrogens (tertiary/aromatic N) is 1. The molecule has 0 bridgehead atoms. The lowest BCUT2D eigenvalue weighted by Gasteiger charge is -2.38. The number of fused-ring (bicyclic) bond motifs is 1. The van der Waals surface area contributed by atoms with E-state index >= 15 is 8.78 Å². The molecular weight excluding hydrogens is 508 g/mol. The highest BCUT2D eigenvalue weighted by atomic mass is 19.1. The summed E-state index contributed by atoms with van der Waals surface area (Å²) < 4.78 is 31.7. The topological polar surface area (TPSA) is 3.24 Å². The van der Waals surface area contributed by atoms with E-state index in [1.54, 1.807) is 23.1 Å². The minimum Gasteiger partial charge on any atom is -0.331 e. The normalized spacial score (nSPS) is 11.5. The number of hydrogen-bond acceptors (Lipinski definition) is 1. The van der Waals surface area contributed by atoms with Crippen molar-refractivity contribution in [2.75, 3.05) is 4.90 Å². The van der Waals surface area contributed by atoms with Crippen LogP contribution in [0.15, 0.2) is 133 Å². The summed E-state index contributed by atoms with van der Waals surface area (Å²) in [6.07, 6.45) is 0. The van der Waals surface area contributed by atoms with Gasteiger partial charge in [0, 0.05) is 11.1 Å². The van der Waals surface area contributed by atoms with Gasteiger partial charge in [0.15, 0.2) is 5.82 Å². The summed E-state index contributed by atoms with van der Waals surface area (Å²) in [6.45, 7) is 5.89. The van der Waals surface area contributed by atoms with Crippen LogP contribution in [-0.4, -0.2) is 5.54 Å². The van der Waals surface area contributed by atoms with E-state index in [1.165, 1.54) is 16.8 Å². The molecule has 0 fully saturated rings. The molecule has 41 heavy (non-hydrogen) atoms. The second kappa shape index (κ2) is 10.7. The van der Waals surface area contributed by atoms with Gasteiger partial charge in [-0.05, 0) is 83.6 Å². The smallest absolute Gasteiger partial charge is 0.154 e. The maximum absolute atomic E-state index is 16.5. The molecule has 0 aromatic heterocycles. The van der Waals surface area contributed by atoms with E-state index in [-0.39, 0.29) is 5.82 Å². The van der Waals surface area contributed by atoms with Crippen LogP contribution in [0.2, 0.25) is 0 Å². The molecular formula is C38H31F2N. The number of halogens is 2. The molecule has 0 saturated carbocycles. The van der Waals surface area contributed by atoms with Gasteiger partial charge in [-0.25, -0.2) is 8.78 Å². The number of para-hydroxylation sites is 1. The molecule has 0 aliphatic rings. The molecule has 0 unspecified atom stereocenters. The van der Waals surface area contributed by atoms with E-state index in [1.807, 2.05) is 69.3 Å². The highest BCUT2D eigenvalue weighted by Gasteiger charge is 2.30. The lowest BCUT2D eigenvalue weighted by atomic mass is 9.93. The van der Waals surface area contributed by atoms with Gasteiger partial charge in [-0.3, -0.25) is 0 Å². The second-order valence-corrected chi connectivity index (χ2v) is 11.3. The quantitative estimate of drug-likeness (QED) is 0.211. The fourth-order valence-corrected chi connectivity index (χ4v) is 5.57. The molecule has 0 aliphatic carbocycles. The van der Waals surface area contributed by atoms with Gasteiger partial charge in [0.1, 0.15) is 5.82 Å². The molecule has 0 amide bonds. The van der Waals surface area contributed by atoms with Crippen LogP contribution < -0.4 is 4.90 Å². The molecule has 0 spiro atoms. The van der Waals surface area contributed by atoms with E-state index < -0.39 is 11.4 Å². The van der Waals surface area contributed by atoms with E-state index in [9.17, 15) is 0 Å². The highest BCUT2D eigenvalue weighted by Crippen LogP contribution is 2.42. The lowest BCUT2D eigenvalue weighted by Crippen LogP contribution is -2.38. The van der Waals surface area contributed by atoms with Gasteiger partial charge in [0.05, 0.1) is 11.4 Å². The van der Waals surface area contributed by atoms with Crippen LogP contribution in [0.5, 0.6) is 0 Å². The molecule has 3 heteroatoms. The first-order valence-electron chi connectivity index (χ1n) is 13.8. The maximum atomic E-state index is 16.5. The predicted molar refractivity (Wildman–Crippen MR) is 169 cm³/mol. The predicted octanol–water partition coefficient (Wildman–Crippen LogP) is 11.1. The van der Waals surface area contributed by atoms with Gasteiger partial charge in [-0.15, -0.1) is 0 Å². The first kappa shape index (κ1) is 26.5. The summed E-state index contributed by atoms with van der Waals surface area (Å²) in [7, 11) is 0. The van der Waals surface area contributed by atoms with Gasteiger partial charge in [0.25, 0.3) is 0 Å². The Labute approximate surface area is 240 Å². The van der Waals surface area contributed by atoms with Crippen LogP contribution >= 0.6 is 0 Å². The molecule has 6 aromatic carbocycles. The van der Waals surface area contributed by atoms with Crippen LogP contribution in [0.3, 0.4) is 0 Å². The van der Waals surface area contributed by atoms with E-state index in [4.69, 9.17) is 0 Å². The SMILES string of the molecule is CC(C)(C)N(c1ccccc1F)c1cc(-c2ccc(-c3cccc4ccccc34)cc2)cc(-c2ccccc2)c1F. The molecule has 1 nitrogen and oxygen atoms in total. The van der Waals surface area contributed by atoms with Crippen LogP contribution in [0.1, 0.15) is 20.8 Å². The Morgan fingerprint density at radius 3 is 1.83 bits per heavy atom. The zero-order valence-electron chi connectivity index (χ0n) is 23.4. The summed E-state index contributed by atoms with van der Waals surface area (Å²) >= 11 is 0. The van der Waals surface area contributed by atoms with Crippen LogP contribution in [0.25, 0.3) is 44.2 Å². The van der Waals surface area contributed by atoms with Crippen molar-refractivity contribution in [2.24, 2.45) is 0 Å². The van der Waals surface area contributed by atoms with E-state index in [0.717, 1.165) is 27.8 Å². The van der Waals surface area contributed by atoms with E-state index in [0.29, 0.717) is 16.9 Å². The summed E-state index contributed by atoms with van der Waals surface area (Å²) in [4.78, 5) is 1.76. The fourth-order valence-electron chi connectivity index (χ4n) is 5.57. The largest absolute Gasteiger partial charge is 0.331 e. The minimum absolute atomic E-state index is 0.331. The van der Waals surface area contributed by atoms with Crippen molar-refractivity contribution < 1.29 is 8.78 Å². The number of rotatable bonds is 5. The molecule has 0 atom stereocenters. The number of anilines is 2. The Hall–Kier alpha value is -4.76. The second-order valence-electron chi connectivity index (χ2n) is 11.3. The zero-order chi connectivity index (χ0) is 28.6. The lowest BCUT2D eigenvalue weighted by molar-refractivity contribution is 0.527. The van der Waals surface area contributed by atoms with Crippen molar-refractivity contribution in [3.63, 3.8) is 0 Å². The van der Waals surface area contributed by atoms with Crippen LogP contribution in [0, 0.1) is 11.6 Å². The molecule has 0 saturated heterocycles. The van der Waals surface area contributed by atoms with Gasteiger partial charge in [-0.1, -0.05) is 109 Å². The molecule has 6 aromatic rings. The monoisotopic (exact) mass is 539 g/mol. The van der Waals surface area contributed by atoms with E-state index in [2.05, 4.69) is 60.7 Å². The first-order valence-corrected chi connectivity index (χ1v) is 13.8. The third kappa shape index (κ3) is 5.12. The first-order chi connectivity index (χ1) is 19.8. The van der Waals surface area contributed by atoms with Gasteiger partial charge < -0.3 is 4.90 Å². The molecule has 0 radical (unpaired) electrons. The van der Waals surface area contributed by atoms with Gasteiger partial charge in [-0.2, -0.15) is 0 Å².